The number of benzene rings is 1. The first kappa shape index (κ1) is 13.9. The number of aromatic nitrogens is 2. The first-order valence-electron chi connectivity index (χ1n) is 5.82. The van der Waals surface area contributed by atoms with Gasteiger partial charge in [0, 0.05) is 5.56 Å². The van der Waals surface area contributed by atoms with Crippen molar-refractivity contribution in [3.05, 3.63) is 47.0 Å². The second-order valence-electron chi connectivity index (χ2n) is 4.06. The number of nitrogens with zero attached hydrogens (tertiary/aromatic N) is 2. The largest absolute Gasteiger partial charge is 0.480 e. The van der Waals surface area contributed by atoms with Crippen LogP contribution in [0, 0.1) is 12.7 Å². The highest BCUT2D eigenvalue weighted by Gasteiger charge is 2.20. The SMILES string of the molecule is COc1cnc(C(=O)c2cc(F)ccc2C)c(OC)n1. The predicted molar refractivity (Wildman–Crippen MR) is 69.7 cm³/mol. The van der Waals surface area contributed by atoms with Gasteiger partial charge in [-0.1, -0.05) is 6.07 Å². The van der Waals surface area contributed by atoms with Crippen LogP contribution in [-0.4, -0.2) is 30.0 Å². The van der Waals surface area contributed by atoms with Crippen molar-refractivity contribution >= 4 is 5.78 Å². The van der Waals surface area contributed by atoms with Gasteiger partial charge in [0.1, 0.15) is 5.82 Å². The van der Waals surface area contributed by atoms with Crippen LogP contribution in [0.5, 0.6) is 11.8 Å². The molecular weight excluding hydrogens is 263 g/mol. The molecule has 0 saturated carbocycles. The molecule has 0 N–H and O–H groups in total. The Hall–Kier alpha value is -2.50. The van der Waals surface area contributed by atoms with Gasteiger partial charge in [0.05, 0.1) is 20.4 Å². The van der Waals surface area contributed by atoms with Gasteiger partial charge in [-0.05, 0) is 24.6 Å². The minimum Gasteiger partial charge on any atom is -0.480 e. The molecular formula is C14H13FN2O3. The highest BCUT2D eigenvalue weighted by molar-refractivity contribution is 6.09. The summed E-state index contributed by atoms with van der Waals surface area (Å²) >= 11 is 0. The monoisotopic (exact) mass is 276 g/mol. The molecule has 0 aliphatic carbocycles. The van der Waals surface area contributed by atoms with Crippen molar-refractivity contribution in [3.8, 4) is 11.8 Å². The van der Waals surface area contributed by atoms with Crippen molar-refractivity contribution in [2.24, 2.45) is 0 Å². The average molecular weight is 276 g/mol. The van der Waals surface area contributed by atoms with Crippen LogP contribution in [0.15, 0.2) is 24.4 Å². The van der Waals surface area contributed by atoms with Crippen LogP contribution in [0.3, 0.4) is 0 Å². The molecule has 104 valence electrons. The maximum Gasteiger partial charge on any atom is 0.247 e. The van der Waals surface area contributed by atoms with E-state index < -0.39 is 11.6 Å². The third kappa shape index (κ3) is 2.59. The molecule has 0 aliphatic rings. The lowest BCUT2D eigenvalue weighted by Crippen LogP contribution is -2.10. The zero-order valence-electron chi connectivity index (χ0n) is 11.3. The maximum atomic E-state index is 13.3. The Bertz CT molecular complexity index is 659. The van der Waals surface area contributed by atoms with Gasteiger partial charge in [-0.2, -0.15) is 4.98 Å². The lowest BCUT2D eigenvalue weighted by Gasteiger charge is -2.09. The Labute approximate surface area is 115 Å². The zero-order chi connectivity index (χ0) is 14.7. The number of methoxy groups -OCH3 is 2. The van der Waals surface area contributed by atoms with Crippen LogP contribution in [0.2, 0.25) is 0 Å². The number of carbonyl (C=O) groups is 1. The van der Waals surface area contributed by atoms with Gasteiger partial charge in [0.15, 0.2) is 5.69 Å². The topological polar surface area (TPSA) is 61.3 Å². The number of hydrogen-bond acceptors (Lipinski definition) is 5. The standard InChI is InChI=1S/C14H13FN2O3/c1-8-4-5-9(15)6-10(8)13(18)12-14(20-3)17-11(19-2)7-16-12/h4-7H,1-3H3. The minimum atomic E-state index is -0.487. The third-order valence-corrected chi connectivity index (χ3v) is 2.78. The number of halogens is 1. The van der Waals surface area contributed by atoms with E-state index in [1.165, 1.54) is 38.6 Å². The first-order chi connectivity index (χ1) is 9.56. The van der Waals surface area contributed by atoms with Crippen molar-refractivity contribution < 1.29 is 18.7 Å². The zero-order valence-corrected chi connectivity index (χ0v) is 11.3. The smallest absolute Gasteiger partial charge is 0.247 e. The molecule has 0 unspecified atom stereocenters. The molecule has 6 heteroatoms. The predicted octanol–water partition coefficient (Wildman–Crippen LogP) is 2.17. The molecule has 0 saturated heterocycles. The summed E-state index contributed by atoms with van der Waals surface area (Å²) in [6, 6.07) is 4.00. The summed E-state index contributed by atoms with van der Waals surface area (Å²) in [5.74, 6) is -0.666. The third-order valence-electron chi connectivity index (χ3n) is 2.78. The molecule has 0 bridgehead atoms. The molecule has 2 rings (SSSR count). The molecule has 1 heterocycles. The number of aryl methyl sites for hydroxylation is 1. The van der Waals surface area contributed by atoms with E-state index in [4.69, 9.17) is 9.47 Å². The van der Waals surface area contributed by atoms with E-state index in [0.717, 1.165) is 0 Å². The van der Waals surface area contributed by atoms with Crippen molar-refractivity contribution in [3.63, 3.8) is 0 Å². The Kier molecular flexibility index (Phi) is 3.93. The van der Waals surface area contributed by atoms with E-state index >= 15 is 0 Å². The van der Waals surface area contributed by atoms with E-state index in [1.807, 2.05) is 0 Å². The van der Waals surface area contributed by atoms with E-state index in [1.54, 1.807) is 6.92 Å². The van der Waals surface area contributed by atoms with Crippen molar-refractivity contribution in [2.45, 2.75) is 6.92 Å². The second-order valence-corrected chi connectivity index (χ2v) is 4.06. The van der Waals surface area contributed by atoms with Crippen LogP contribution >= 0.6 is 0 Å². The van der Waals surface area contributed by atoms with E-state index in [2.05, 4.69) is 9.97 Å². The number of ether oxygens (including phenoxy) is 2. The molecule has 0 aliphatic heterocycles. The summed E-state index contributed by atoms with van der Waals surface area (Å²) < 4.78 is 23.2. The summed E-state index contributed by atoms with van der Waals surface area (Å²) in [7, 11) is 2.81. The van der Waals surface area contributed by atoms with E-state index in [-0.39, 0.29) is 23.0 Å². The highest BCUT2D eigenvalue weighted by Crippen LogP contribution is 2.22. The number of carbonyl (C=O) groups excluding carboxylic acids is 1. The van der Waals surface area contributed by atoms with Gasteiger partial charge in [-0.3, -0.25) is 4.79 Å². The highest BCUT2D eigenvalue weighted by atomic mass is 19.1. The van der Waals surface area contributed by atoms with Gasteiger partial charge in [-0.25, -0.2) is 9.37 Å². The fourth-order valence-electron chi connectivity index (χ4n) is 1.72. The van der Waals surface area contributed by atoms with Gasteiger partial charge in [0.25, 0.3) is 0 Å². The Morgan fingerprint density at radius 1 is 1.25 bits per heavy atom. The fourth-order valence-corrected chi connectivity index (χ4v) is 1.72. The first-order valence-corrected chi connectivity index (χ1v) is 5.82. The molecule has 0 fully saturated rings. The summed E-state index contributed by atoms with van der Waals surface area (Å²) in [5.41, 5.74) is 0.890. The normalized spacial score (nSPS) is 10.2. The molecule has 2 aromatic rings. The molecule has 0 amide bonds. The van der Waals surface area contributed by atoms with Gasteiger partial charge in [0.2, 0.25) is 17.5 Å². The number of hydrogen-bond donors (Lipinski definition) is 0. The van der Waals surface area contributed by atoms with Crippen LogP contribution in [-0.2, 0) is 0 Å². The maximum absolute atomic E-state index is 13.3. The summed E-state index contributed by atoms with van der Waals surface area (Å²) in [5, 5.41) is 0. The summed E-state index contributed by atoms with van der Waals surface area (Å²) in [6.45, 7) is 1.72. The van der Waals surface area contributed by atoms with Crippen molar-refractivity contribution in [2.75, 3.05) is 14.2 Å². The second kappa shape index (κ2) is 5.64. The van der Waals surface area contributed by atoms with Crippen molar-refractivity contribution in [1.29, 1.82) is 0 Å². The van der Waals surface area contributed by atoms with Crippen LogP contribution in [0.1, 0.15) is 21.6 Å². The Morgan fingerprint density at radius 2 is 2.00 bits per heavy atom. The number of rotatable bonds is 4. The van der Waals surface area contributed by atoms with Gasteiger partial charge in [-0.15, -0.1) is 0 Å². The average Bonchev–Trinajstić information content (AvgIpc) is 2.48. The van der Waals surface area contributed by atoms with Crippen LogP contribution < -0.4 is 9.47 Å². The van der Waals surface area contributed by atoms with Gasteiger partial charge >= 0.3 is 0 Å². The van der Waals surface area contributed by atoms with Crippen LogP contribution in [0.4, 0.5) is 4.39 Å². The van der Waals surface area contributed by atoms with E-state index in [9.17, 15) is 9.18 Å². The molecule has 20 heavy (non-hydrogen) atoms. The summed E-state index contributed by atoms with van der Waals surface area (Å²) in [6.07, 6.45) is 1.31. The molecule has 0 spiro atoms. The molecule has 0 radical (unpaired) electrons. The number of ketones is 1. The van der Waals surface area contributed by atoms with Crippen molar-refractivity contribution in [1.82, 2.24) is 9.97 Å². The van der Waals surface area contributed by atoms with Gasteiger partial charge < -0.3 is 9.47 Å². The van der Waals surface area contributed by atoms with E-state index in [0.29, 0.717) is 5.56 Å². The molecule has 1 aromatic carbocycles. The molecule has 0 atom stereocenters. The summed E-state index contributed by atoms with van der Waals surface area (Å²) in [4.78, 5) is 20.4. The molecule has 1 aromatic heterocycles. The quantitative estimate of drug-likeness (QED) is 0.801. The van der Waals surface area contributed by atoms with Crippen LogP contribution in [0.25, 0.3) is 0 Å². The lowest BCUT2D eigenvalue weighted by atomic mass is 10.0. The lowest BCUT2D eigenvalue weighted by molar-refractivity contribution is 0.102. The minimum absolute atomic E-state index is 0.0157. The molecule has 5 nitrogen and oxygen atoms in total. The Balaban J connectivity index is 2.50. The fraction of sp³-hybridized carbons (Fsp3) is 0.214. The Morgan fingerprint density at radius 3 is 2.65 bits per heavy atom.